The van der Waals surface area contributed by atoms with E-state index in [9.17, 15) is 4.79 Å². The third-order valence-electron chi connectivity index (χ3n) is 1.80. The summed E-state index contributed by atoms with van der Waals surface area (Å²) in [7, 11) is 3.09. The standard InChI is InChI=1S/C10H13NO4/c1-13-9(14-2)7-3-5-8(6-4-7)15-10(11)12/h3-6,9H,1-2H3,(H2,11,12). The Labute approximate surface area is 87.7 Å². The molecule has 0 fully saturated rings. The molecule has 1 aromatic carbocycles. The van der Waals surface area contributed by atoms with Crippen LogP contribution in [-0.2, 0) is 9.47 Å². The average molecular weight is 211 g/mol. The molecule has 15 heavy (non-hydrogen) atoms. The van der Waals surface area contributed by atoms with Crippen molar-refractivity contribution in [1.29, 1.82) is 0 Å². The van der Waals surface area contributed by atoms with E-state index in [-0.39, 0.29) is 0 Å². The molecule has 82 valence electrons. The van der Waals surface area contributed by atoms with Crippen LogP contribution < -0.4 is 10.5 Å². The maximum atomic E-state index is 10.5. The van der Waals surface area contributed by atoms with E-state index in [1.807, 2.05) is 0 Å². The molecule has 5 nitrogen and oxygen atoms in total. The second-order valence-electron chi connectivity index (χ2n) is 2.79. The van der Waals surface area contributed by atoms with Crippen molar-refractivity contribution < 1.29 is 19.0 Å². The molecule has 0 aliphatic rings. The summed E-state index contributed by atoms with van der Waals surface area (Å²) in [5.41, 5.74) is 5.69. The lowest BCUT2D eigenvalue weighted by Gasteiger charge is -2.13. The summed E-state index contributed by atoms with van der Waals surface area (Å²) in [5.74, 6) is 0.386. The molecule has 0 radical (unpaired) electrons. The minimum absolute atomic E-state index is 0.386. The SMILES string of the molecule is COC(OC)c1ccc(OC(N)=O)cc1. The number of methoxy groups -OCH3 is 2. The van der Waals surface area contributed by atoms with Gasteiger partial charge in [-0.1, -0.05) is 12.1 Å². The highest BCUT2D eigenvalue weighted by atomic mass is 16.7. The molecule has 0 spiro atoms. The Morgan fingerprint density at radius 1 is 1.20 bits per heavy atom. The van der Waals surface area contributed by atoms with Crippen LogP contribution in [0, 0.1) is 0 Å². The van der Waals surface area contributed by atoms with E-state index in [0.29, 0.717) is 5.75 Å². The molecule has 0 bridgehead atoms. The maximum absolute atomic E-state index is 10.5. The van der Waals surface area contributed by atoms with Gasteiger partial charge in [-0.2, -0.15) is 0 Å². The number of hydrogen-bond acceptors (Lipinski definition) is 4. The van der Waals surface area contributed by atoms with E-state index in [4.69, 9.17) is 15.2 Å². The molecule has 0 aromatic heterocycles. The second-order valence-corrected chi connectivity index (χ2v) is 2.79. The van der Waals surface area contributed by atoms with Crippen LogP contribution in [0.15, 0.2) is 24.3 Å². The fourth-order valence-corrected chi connectivity index (χ4v) is 1.18. The van der Waals surface area contributed by atoms with E-state index in [1.165, 1.54) is 0 Å². The van der Waals surface area contributed by atoms with Crippen LogP contribution >= 0.6 is 0 Å². The molecule has 1 aromatic rings. The molecule has 0 saturated heterocycles. The molecule has 5 heteroatoms. The summed E-state index contributed by atoms with van der Waals surface area (Å²) in [6.07, 6.45) is -1.26. The first-order valence-electron chi connectivity index (χ1n) is 4.30. The zero-order valence-corrected chi connectivity index (χ0v) is 8.60. The maximum Gasteiger partial charge on any atom is 0.409 e. The van der Waals surface area contributed by atoms with Crippen molar-refractivity contribution in [3.05, 3.63) is 29.8 Å². The first-order valence-corrected chi connectivity index (χ1v) is 4.30. The van der Waals surface area contributed by atoms with Crippen molar-refractivity contribution in [3.8, 4) is 5.75 Å². The van der Waals surface area contributed by atoms with Gasteiger partial charge in [0.05, 0.1) is 0 Å². The number of hydrogen-bond donors (Lipinski definition) is 1. The number of amides is 1. The van der Waals surface area contributed by atoms with Crippen molar-refractivity contribution in [1.82, 2.24) is 0 Å². The normalized spacial score (nSPS) is 10.3. The summed E-state index contributed by atoms with van der Waals surface area (Å²) < 4.78 is 14.8. The molecule has 0 aliphatic heterocycles. The van der Waals surface area contributed by atoms with Crippen LogP contribution in [0.5, 0.6) is 5.75 Å². The molecular formula is C10H13NO4. The Balaban J connectivity index is 2.75. The fraction of sp³-hybridized carbons (Fsp3) is 0.300. The van der Waals surface area contributed by atoms with Crippen molar-refractivity contribution in [3.63, 3.8) is 0 Å². The molecule has 0 heterocycles. The van der Waals surface area contributed by atoms with Crippen molar-refractivity contribution in [2.24, 2.45) is 5.73 Å². The largest absolute Gasteiger partial charge is 0.411 e. The number of rotatable bonds is 4. The summed E-state index contributed by atoms with van der Waals surface area (Å²) in [4.78, 5) is 10.5. The van der Waals surface area contributed by atoms with Crippen LogP contribution in [0.1, 0.15) is 11.9 Å². The van der Waals surface area contributed by atoms with E-state index in [0.717, 1.165) is 5.56 Å². The summed E-state index contributed by atoms with van der Waals surface area (Å²) >= 11 is 0. The minimum Gasteiger partial charge on any atom is -0.411 e. The average Bonchev–Trinajstić information content (AvgIpc) is 2.21. The van der Waals surface area contributed by atoms with Crippen molar-refractivity contribution >= 4 is 6.09 Å². The highest BCUT2D eigenvalue weighted by Crippen LogP contribution is 2.20. The zero-order valence-electron chi connectivity index (χ0n) is 8.60. The fourth-order valence-electron chi connectivity index (χ4n) is 1.18. The number of carbonyl (C=O) groups is 1. The lowest BCUT2D eigenvalue weighted by atomic mass is 10.2. The molecule has 0 unspecified atom stereocenters. The summed E-state index contributed by atoms with van der Waals surface area (Å²) in [6.45, 7) is 0. The summed E-state index contributed by atoms with van der Waals surface area (Å²) in [6, 6.07) is 6.70. The smallest absolute Gasteiger partial charge is 0.409 e. The Morgan fingerprint density at radius 2 is 1.73 bits per heavy atom. The monoisotopic (exact) mass is 211 g/mol. The van der Waals surface area contributed by atoms with Crippen LogP contribution in [0.25, 0.3) is 0 Å². The van der Waals surface area contributed by atoms with Gasteiger partial charge in [0.1, 0.15) is 5.75 Å². The lowest BCUT2D eigenvalue weighted by Crippen LogP contribution is -2.16. The van der Waals surface area contributed by atoms with Crippen LogP contribution in [0.4, 0.5) is 4.79 Å². The quantitative estimate of drug-likeness (QED) is 0.765. The number of carbonyl (C=O) groups excluding carboxylic acids is 1. The van der Waals surface area contributed by atoms with Gasteiger partial charge in [0.2, 0.25) is 0 Å². The highest BCUT2D eigenvalue weighted by molar-refractivity contribution is 5.67. The number of primary amides is 1. The predicted octanol–water partition coefficient (Wildman–Crippen LogP) is 1.44. The van der Waals surface area contributed by atoms with Gasteiger partial charge < -0.3 is 19.9 Å². The predicted molar refractivity (Wildman–Crippen MR) is 53.4 cm³/mol. The van der Waals surface area contributed by atoms with Crippen LogP contribution in [0.3, 0.4) is 0 Å². The Kier molecular flexibility index (Phi) is 4.08. The molecule has 0 saturated carbocycles. The second kappa shape index (κ2) is 5.33. The minimum atomic E-state index is -0.835. The molecule has 1 amide bonds. The molecule has 2 N–H and O–H groups in total. The topological polar surface area (TPSA) is 70.8 Å². The third-order valence-corrected chi connectivity index (χ3v) is 1.80. The van der Waals surface area contributed by atoms with Gasteiger partial charge in [-0.3, -0.25) is 0 Å². The van der Waals surface area contributed by atoms with Gasteiger partial charge in [0.25, 0.3) is 0 Å². The van der Waals surface area contributed by atoms with E-state index in [1.54, 1.807) is 38.5 Å². The third kappa shape index (κ3) is 3.23. The van der Waals surface area contributed by atoms with Crippen molar-refractivity contribution in [2.75, 3.05) is 14.2 Å². The van der Waals surface area contributed by atoms with Gasteiger partial charge in [0, 0.05) is 19.8 Å². The van der Waals surface area contributed by atoms with Crippen LogP contribution in [0.2, 0.25) is 0 Å². The Morgan fingerprint density at radius 3 is 2.13 bits per heavy atom. The first-order chi connectivity index (χ1) is 7.17. The molecule has 0 atom stereocenters. The van der Waals surface area contributed by atoms with Crippen LogP contribution in [-0.4, -0.2) is 20.3 Å². The summed E-state index contributed by atoms with van der Waals surface area (Å²) in [5, 5.41) is 0. The van der Waals surface area contributed by atoms with Crippen molar-refractivity contribution in [2.45, 2.75) is 6.29 Å². The van der Waals surface area contributed by atoms with Gasteiger partial charge in [-0.15, -0.1) is 0 Å². The van der Waals surface area contributed by atoms with E-state index in [2.05, 4.69) is 4.74 Å². The Hall–Kier alpha value is -1.59. The lowest BCUT2D eigenvalue weighted by molar-refractivity contribution is -0.106. The van der Waals surface area contributed by atoms with Gasteiger partial charge in [0.15, 0.2) is 6.29 Å². The Bertz CT molecular complexity index is 319. The molecule has 0 aliphatic carbocycles. The van der Waals surface area contributed by atoms with E-state index < -0.39 is 12.4 Å². The van der Waals surface area contributed by atoms with Gasteiger partial charge in [-0.25, -0.2) is 4.79 Å². The van der Waals surface area contributed by atoms with E-state index >= 15 is 0 Å². The van der Waals surface area contributed by atoms with Gasteiger partial charge >= 0.3 is 6.09 Å². The van der Waals surface area contributed by atoms with Gasteiger partial charge in [-0.05, 0) is 12.1 Å². The number of ether oxygens (including phenoxy) is 3. The zero-order chi connectivity index (χ0) is 11.3. The number of nitrogens with two attached hydrogens (primary N) is 1. The molecule has 1 rings (SSSR count). The first kappa shape index (κ1) is 11.5. The highest BCUT2D eigenvalue weighted by Gasteiger charge is 2.08. The number of benzene rings is 1. The molecular weight excluding hydrogens is 198 g/mol.